The van der Waals surface area contributed by atoms with E-state index in [9.17, 15) is 0 Å². The molecule has 133 valence electrons. The summed E-state index contributed by atoms with van der Waals surface area (Å²) in [6, 6.07) is 26.9. The average Bonchev–Trinajstić information content (AvgIpc) is 3.47. The molecule has 0 spiro atoms. The van der Waals surface area contributed by atoms with E-state index in [-0.39, 0.29) is 0 Å². The fourth-order valence-corrected chi connectivity index (χ4v) is 9.18. The predicted octanol–water partition coefficient (Wildman–Crippen LogP) is 6.53. The minimum Gasteiger partial charge on any atom is -0.0793 e. The zero-order valence-corrected chi connectivity index (χ0v) is 16.6. The van der Waals surface area contributed by atoms with E-state index in [2.05, 4.69) is 109 Å². The topological polar surface area (TPSA) is 0 Å². The van der Waals surface area contributed by atoms with Gasteiger partial charge in [-0.2, -0.15) is 0 Å². The van der Waals surface area contributed by atoms with Gasteiger partial charge in [0.15, 0.2) is 0 Å². The molecule has 0 aromatic heterocycles. The SMILES string of the molecule is C1=C[C@H]([Si]([C@H]2C=Cc3ccccc32)[C@H]2C=Cc3ccccc32)c2ccccc21. The number of allylic oxidation sites excluding steroid dienone is 3. The molecule has 0 fully saturated rings. The molecule has 1 heteroatoms. The van der Waals surface area contributed by atoms with Crippen LogP contribution in [-0.2, 0) is 0 Å². The van der Waals surface area contributed by atoms with Crippen molar-refractivity contribution in [2.45, 2.75) is 16.6 Å². The van der Waals surface area contributed by atoms with Crippen LogP contribution in [0.3, 0.4) is 0 Å². The Morgan fingerprint density at radius 1 is 0.429 bits per heavy atom. The number of hydrogen-bond acceptors (Lipinski definition) is 0. The van der Waals surface area contributed by atoms with Gasteiger partial charge in [-0.15, -0.1) is 0 Å². The summed E-state index contributed by atoms with van der Waals surface area (Å²) in [5.74, 6) is 0. The highest BCUT2D eigenvalue weighted by molar-refractivity contribution is 6.66. The van der Waals surface area contributed by atoms with Gasteiger partial charge in [-0.3, -0.25) is 0 Å². The lowest BCUT2D eigenvalue weighted by molar-refractivity contribution is 1.01. The first kappa shape index (κ1) is 16.1. The van der Waals surface area contributed by atoms with Gasteiger partial charge in [0.05, 0.1) is 8.80 Å². The van der Waals surface area contributed by atoms with Gasteiger partial charge in [0.25, 0.3) is 0 Å². The normalized spacial score (nSPS) is 23.2. The summed E-state index contributed by atoms with van der Waals surface area (Å²) in [6.07, 6.45) is 14.5. The molecule has 3 aromatic rings. The molecular formula is C27H21Si. The Kier molecular flexibility index (Phi) is 3.63. The minimum absolute atomic E-state index is 0.530. The minimum atomic E-state index is -0.874. The van der Waals surface area contributed by atoms with Crippen LogP contribution in [0.15, 0.2) is 91.0 Å². The molecule has 0 nitrogen and oxygen atoms in total. The third-order valence-corrected chi connectivity index (χ3v) is 10.1. The lowest BCUT2D eigenvalue weighted by Crippen LogP contribution is -2.35. The maximum Gasteiger partial charge on any atom is 0.0867 e. The summed E-state index contributed by atoms with van der Waals surface area (Å²) >= 11 is 0. The molecule has 6 rings (SSSR count). The lowest BCUT2D eigenvalue weighted by atomic mass is 10.1. The van der Waals surface area contributed by atoms with Crippen molar-refractivity contribution >= 4 is 27.0 Å². The maximum absolute atomic E-state index is 2.49. The Labute approximate surface area is 168 Å². The molecule has 1 radical (unpaired) electrons. The number of fused-ring (bicyclic) bond motifs is 3. The molecule has 3 aromatic carbocycles. The molecule has 0 N–H and O–H groups in total. The van der Waals surface area contributed by atoms with Crippen molar-refractivity contribution in [2.24, 2.45) is 0 Å². The molecular weight excluding hydrogens is 352 g/mol. The maximum atomic E-state index is 2.49. The Morgan fingerprint density at radius 2 is 0.750 bits per heavy atom. The fraction of sp³-hybridized carbons (Fsp3) is 0.111. The van der Waals surface area contributed by atoms with E-state index in [1.807, 2.05) is 0 Å². The second-order valence-electron chi connectivity index (χ2n) is 7.90. The molecule has 3 aliphatic rings. The van der Waals surface area contributed by atoms with Gasteiger partial charge in [-0.05, 0) is 50.0 Å². The van der Waals surface area contributed by atoms with Crippen LogP contribution in [0.4, 0.5) is 0 Å². The zero-order valence-electron chi connectivity index (χ0n) is 15.6. The summed E-state index contributed by atoms with van der Waals surface area (Å²) < 4.78 is 0. The summed E-state index contributed by atoms with van der Waals surface area (Å²) in [6.45, 7) is 0. The van der Waals surface area contributed by atoms with Crippen LogP contribution in [0.2, 0.25) is 0 Å². The van der Waals surface area contributed by atoms with Crippen LogP contribution in [0.25, 0.3) is 18.2 Å². The molecule has 0 bridgehead atoms. The highest BCUT2D eigenvalue weighted by atomic mass is 28.3. The monoisotopic (exact) mass is 373 g/mol. The molecule has 0 amide bonds. The van der Waals surface area contributed by atoms with Crippen LogP contribution in [0, 0.1) is 0 Å². The zero-order chi connectivity index (χ0) is 18.5. The van der Waals surface area contributed by atoms with E-state index in [1.165, 1.54) is 33.4 Å². The molecule has 28 heavy (non-hydrogen) atoms. The van der Waals surface area contributed by atoms with Crippen LogP contribution in [0.5, 0.6) is 0 Å². The van der Waals surface area contributed by atoms with Gasteiger partial charge < -0.3 is 0 Å². The van der Waals surface area contributed by atoms with E-state index < -0.39 is 8.80 Å². The predicted molar refractivity (Wildman–Crippen MR) is 120 cm³/mol. The van der Waals surface area contributed by atoms with Crippen molar-refractivity contribution in [3.05, 3.63) is 124 Å². The van der Waals surface area contributed by atoms with Crippen molar-refractivity contribution in [3.8, 4) is 0 Å². The van der Waals surface area contributed by atoms with Crippen molar-refractivity contribution < 1.29 is 0 Å². The number of benzene rings is 3. The van der Waals surface area contributed by atoms with Gasteiger partial charge in [-0.1, -0.05) is 109 Å². The third-order valence-electron chi connectivity index (χ3n) is 6.48. The first-order chi connectivity index (χ1) is 13.9. The molecule has 3 atom stereocenters. The summed E-state index contributed by atoms with van der Waals surface area (Å²) in [5, 5.41) is 0. The standard InChI is InChI=1S/C27H21Si/c1-4-10-22-19(7-1)13-16-25(22)28(26-17-14-20-8-2-5-11-23(20)26)27-18-15-21-9-3-6-12-24(21)27/h1-18,25-27H/t25-,26-,27-/m0/s1. The highest BCUT2D eigenvalue weighted by Crippen LogP contribution is 2.48. The molecule has 0 heterocycles. The molecule has 0 saturated carbocycles. The summed E-state index contributed by atoms with van der Waals surface area (Å²) in [5.41, 5.74) is 10.4. The molecule has 0 saturated heterocycles. The molecule has 0 unspecified atom stereocenters. The average molecular weight is 374 g/mol. The second-order valence-corrected chi connectivity index (χ2v) is 10.8. The lowest BCUT2D eigenvalue weighted by Gasteiger charge is -2.32. The highest BCUT2D eigenvalue weighted by Gasteiger charge is 2.42. The molecule has 0 aliphatic heterocycles. The van der Waals surface area contributed by atoms with Crippen molar-refractivity contribution in [1.82, 2.24) is 0 Å². The van der Waals surface area contributed by atoms with Crippen LogP contribution in [-0.4, -0.2) is 8.80 Å². The Morgan fingerprint density at radius 3 is 1.11 bits per heavy atom. The Hall–Kier alpha value is -2.90. The van der Waals surface area contributed by atoms with Gasteiger partial charge in [0, 0.05) is 0 Å². The second kappa shape index (κ2) is 6.32. The van der Waals surface area contributed by atoms with Gasteiger partial charge >= 0.3 is 0 Å². The van der Waals surface area contributed by atoms with Crippen LogP contribution < -0.4 is 0 Å². The first-order valence-electron chi connectivity index (χ1n) is 10.1. The Balaban J connectivity index is 1.51. The van der Waals surface area contributed by atoms with Gasteiger partial charge in [0.1, 0.15) is 0 Å². The van der Waals surface area contributed by atoms with Gasteiger partial charge in [-0.25, -0.2) is 0 Å². The smallest absolute Gasteiger partial charge is 0.0793 e. The van der Waals surface area contributed by atoms with E-state index in [0.717, 1.165) is 0 Å². The van der Waals surface area contributed by atoms with E-state index in [0.29, 0.717) is 16.6 Å². The largest absolute Gasteiger partial charge is 0.0867 e. The fourth-order valence-electron chi connectivity index (χ4n) is 5.20. The number of rotatable bonds is 3. The van der Waals surface area contributed by atoms with E-state index in [4.69, 9.17) is 0 Å². The first-order valence-corrected chi connectivity index (χ1v) is 11.8. The summed E-state index contributed by atoms with van der Waals surface area (Å²) in [4.78, 5) is 0. The van der Waals surface area contributed by atoms with Crippen molar-refractivity contribution in [1.29, 1.82) is 0 Å². The third kappa shape index (κ3) is 2.36. The van der Waals surface area contributed by atoms with Crippen molar-refractivity contribution in [3.63, 3.8) is 0 Å². The number of hydrogen-bond donors (Lipinski definition) is 0. The van der Waals surface area contributed by atoms with Crippen LogP contribution >= 0.6 is 0 Å². The van der Waals surface area contributed by atoms with Gasteiger partial charge in [0.2, 0.25) is 0 Å². The van der Waals surface area contributed by atoms with E-state index in [1.54, 1.807) is 0 Å². The van der Waals surface area contributed by atoms with Crippen LogP contribution in [0.1, 0.15) is 50.0 Å². The quantitative estimate of drug-likeness (QED) is 0.458. The van der Waals surface area contributed by atoms with E-state index >= 15 is 0 Å². The molecule has 3 aliphatic carbocycles. The summed E-state index contributed by atoms with van der Waals surface area (Å²) in [7, 11) is -0.874. The van der Waals surface area contributed by atoms with Crippen molar-refractivity contribution in [2.75, 3.05) is 0 Å². The Bertz CT molecular complexity index is 1000.